The summed E-state index contributed by atoms with van der Waals surface area (Å²) in [6, 6.07) is 8.15. The van der Waals surface area contributed by atoms with E-state index in [1.807, 2.05) is 18.4 Å². The van der Waals surface area contributed by atoms with Crippen LogP contribution >= 0.6 is 0 Å². The van der Waals surface area contributed by atoms with E-state index in [0.717, 1.165) is 24.1 Å². The van der Waals surface area contributed by atoms with Crippen LogP contribution < -0.4 is 10.5 Å². The lowest BCUT2D eigenvalue weighted by molar-refractivity contribution is -0.125. The number of carbonyl (C=O) groups is 2. The van der Waals surface area contributed by atoms with Gasteiger partial charge in [-0.3, -0.25) is 4.79 Å². The number of benzene rings is 1. The van der Waals surface area contributed by atoms with Gasteiger partial charge < -0.3 is 14.6 Å². The molecule has 1 saturated carbocycles. The van der Waals surface area contributed by atoms with Gasteiger partial charge in [-0.25, -0.2) is 18.4 Å². The van der Waals surface area contributed by atoms with Crippen LogP contribution in [-0.4, -0.2) is 37.5 Å². The van der Waals surface area contributed by atoms with Crippen LogP contribution in [0.15, 0.2) is 35.2 Å². The van der Waals surface area contributed by atoms with E-state index in [1.165, 1.54) is 18.6 Å². The lowest BCUT2D eigenvalue weighted by atomic mass is 9.78. The maximum absolute atomic E-state index is 12.7. The summed E-state index contributed by atoms with van der Waals surface area (Å²) in [6.07, 6.45) is 3.21. The quantitative estimate of drug-likeness (QED) is 0.597. The molecule has 1 aromatic heterocycles. The fourth-order valence-electron chi connectivity index (χ4n) is 4.46. The molecule has 0 aliphatic heterocycles. The number of rotatable bonds is 7. The maximum atomic E-state index is 12.7. The van der Waals surface area contributed by atoms with E-state index >= 15 is 0 Å². The Labute approximate surface area is 195 Å². The summed E-state index contributed by atoms with van der Waals surface area (Å²) in [5, 5.41) is 8.16. The van der Waals surface area contributed by atoms with Crippen molar-refractivity contribution >= 4 is 21.9 Å². The number of aryl methyl sites for hydroxylation is 1. The molecule has 3 N–H and O–H groups in total. The van der Waals surface area contributed by atoms with E-state index in [9.17, 15) is 18.0 Å². The van der Waals surface area contributed by atoms with E-state index in [1.54, 1.807) is 18.2 Å². The van der Waals surface area contributed by atoms with Crippen LogP contribution in [0, 0.1) is 25.7 Å². The van der Waals surface area contributed by atoms with Gasteiger partial charge in [-0.15, -0.1) is 0 Å². The normalized spacial score (nSPS) is 20.9. The third-order valence-electron chi connectivity index (χ3n) is 6.77. The summed E-state index contributed by atoms with van der Waals surface area (Å²) >= 11 is 0. The molecule has 1 aromatic carbocycles. The SMILES string of the molecule is Cc1cc(C(=O)OCC(=O)N[C@@H]2CCC[C@H](C)[C@@H]2C)c(C)n1Cc1ccc(S(N)(=O)=O)cc1. The Bertz CT molecular complexity index is 1120. The molecule has 8 nitrogen and oxygen atoms in total. The molecular weight excluding hydrogens is 442 g/mol. The summed E-state index contributed by atoms with van der Waals surface area (Å²) in [6.45, 7) is 8.18. The second kappa shape index (κ2) is 10.1. The van der Waals surface area contributed by atoms with Gasteiger partial charge in [-0.2, -0.15) is 0 Å². The average Bonchev–Trinajstić information content (AvgIpc) is 3.03. The number of nitrogens with two attached hydrogens (primary N) is 1. The van der Waals surface area contributed by atoms with Gasteiger partial charge in [0, 0.05) is 24.0 Å². The highest BCUT2D eigenvalue weighted by Crippen LogP contribution is 2.29. The van der Waals surface area contributed by atoms with Crippen molar-refractivity contribution in [2.45, 2.75) is 64.4 Å². The third kappa shape index (κ3) is 6.03. The molecule has 33 heavy (non-hydrogen) atoms. The Kier molecular flexibility index (Phi) is 7.64. The van der Waals surface area contributed by atoms with Crippen LogP contribution in [-0.2, 0) is 26.1 Å². The summed E-state index contributed by atoms with van der Waals surface area (Å²) in [4.78, 5) is 25.1. The van der Waals surface area contributed by atoms with Crippen LogP contribution in [0.25, 0.3) is 0 Å². The van der Waals surface area contributed by atoms with Gasteiger partial charge in [0.15, 0.2) is 6.61 Å². The maximum Gasteiger partial charge on any atom is 0.340 e. The molecule has 0 spiro atoms. The Hall–Kier alpha value is -2.65. The first-order chi connectivity index (χ1) is 15.5. The molecule has 1 amide bonds. The lowest BCUT2D eigenvalue weighted by Gasteiger charge is -2.34. The number of carbonyl (C=O) groups excluding carboxylic acids is 2. The fraction of sp³-hybridized carbons (Fsp3) is 0.500. The molecule has 2 aromatic rings. The van der Waals surface area contributed by atoms with Crippen LogP contribution in [0.3, 0.4) is 0 Å². The number of ether oxygens (including phenoxy) is 1. The zero-order valence-electron chi connectivity index (χ0n) is 19.6. The van der Waals surface area contributed by atoms with Crippen molar-refractivity contribution in [3.8, 4) is 0 Å². The molecule has 0 unspecified atom stereocenters. The first kappa shape index (κ1) is 25.0. The van der Waals surface area contributed by atoms with Crippen LogP contribution in [0.2, 0.25) is 0 Å². The predicted octanol–water partition coefficient (Wildman–Crippen LogP) is 2.90. The predicted molar refractivity (Wildman–Crippen MR) is 125 cm³/mol. The van der Waals surface area contributed by atoms with Crippen LogP contribution in [0.5, 0.6) is 0 Å². The number of nitrogens with zero attached hydrogens (tertiary/aromatic N) is 1. The van der Waals surface area contributed by atoms with Crippen molar-refractivity contribution in [2.75, 3.05) is 6.61 Å². The molecule has 1 aliphatic rings. The van der Waals surface area contributed by atoms with Gasteiger partial charge in [0.25, 0.3) is 5.91 Å². The molecule has 3 atom stereocenters. The standard InChI is InChI=1S/C24H33N3O5S/c1-15-6-5-7-22(17(15)3)26-23(28)14-32-24(29)21-12-16(2)27(18(21)4)13-19-8-10-20(11-9-19)33(25,30)31/h8-12,15,17,22H,5-7,13-14H2,1-4H3,(H,26,28)(H2,25,30,31)/t15-,17-,22+/m0/s1. The van der Waals surface area contributed by atoms with Gasteiger partial charge in [0.1, 0.15) is 0 Å². The molecule has 1 heterocycles. The second-order valence-corrected chi connectivity index (χ2v) is 10.6. The molecule has 180 valence electrons. The minimum Gasteiger partial charge on any atom is -0.452 e. The first-order valence-corrected chi connectivity index (χ1v) is 12.8. The lowest BCUT2D eigenvalue weighted by Crippen LogP contribution is -2.45. The minimum atomic E-state index is -3.75. The molecule has 1 fully saturated rings. The number of esters is 1. The van der Waals surface area contributed by atoms with E-state index in [4.69, 9.17) is 9.88 Å². The van der Waals surface area contributed by atoms with Crippen molar-refractivity contribution < 1.29 is 22.7 Å². The second-order valence-electron chi connectivity index (χ2n) is 9.08. The van der Waals surface area contributed by atoms with Crippen LogP contribution in [0.4, 0.5) is 0 Å². The van der Waals surface area contributed by atoms with Gasteiger partial charge in [0.2, 0.25) is 10.0 Å². The van der Waals surface area contributed by atoms with Gasteiger partial charge in [0.05, 0.1) is 10.5 Å². The number of amides is 1. The Morgan fingerprint density at radius 2 is 1.82 bits per heavy atom. The summed E-state index contributed by atoms with van der Waals surface area (Å²) in [7, 11) is -3.75. The zero-order valence-corrected chi connectivity index (χ0v) is 20.4. The van der Waals surface area contributed by atoms with Gasteiger partial charge in [-0.05, 0) is 55.9 Å². The molecule has 0 saturated heterocycles. The van der Waals surface area contributed by atoms with Gasteiger partial charge in [-0.1, -0.05) is 38.8 Å². The number of sulfonamides is 1. The monoisotopic (exact) mass is 475 g/mol. The Morgan fingerprint density at radius 3 is 2.45 bits per heavy atom. The molecular formula is C24H33N3O5S. The smallest absolute Gasteiger partial charge is 0.340 e. The Morgan fingerprint density at radius 1 is 1.15 bits per heavy atom. The largest absolute Gasteiger partial charge is 0.452 e. The molecule has 3 rings (SSSR count). The molecule has 0 bridgehead atoms. The molecule has 0 radical (unpaired) electrons. The highest BCUT2D eigenvalue weighted by Gasteiger charge is 2.28. The number of hydrogen-bond acceptors (Lipinski definition) is 5. The third-order valence-corrected chi connectivity index (χ3v) is 7.70. The van der Waals surface area contributed by atoms with Crippen molar-refractivity contribution in [3.63, 3.8) is 0 Å². The molecule has 1 aliphatic carbocycles. The van der Waals surface area contributed by atoms with E-state index < -0.39 is 16.0 Å². The highest BCUT2D eigenvalue weighted by molar-refractivity contribution is 7.89. The minimum absolute atomic E-state index is 0.0480. The zero-order chi connectivity index (χ0) is 24.3. The number of nitrogens with one attached hydrogen (secondary N) is 1. The van der Waals surface area contributed by atoms with E-state index in [0.29, 0.717) is 29.6 Å². The molecule has 9 heteroatoms. The number of aromatic nitrogens is 1. The van der Waals surface area contributed by atoms with Crippen molar-refractivity contribution in [1.82, 2.24) is 9.88 Å². The number of hydrogen-bond donors (Lipinski definition) is 2. The topological polar surface area (TPSA) is 120 Å². The first-order valence-electron chi connectivity index (χ1n) is 11.2. The van der Waals surface area contributed by atoms with Crippen molar-refractivity contribution in [3.05, 3.63) is 52.8 Å². The van der Waals surface area contributed by atoms with E-state index in [-0.39, 0.29) is 23.5 Å². The van der Waals surface area contributed by atoms with E-state index in [2.05, 4.69) is 19.2 Å². The summed E-state index contributed by atoms with van der Waals surface area (Å²) in [5.74, 6) is 0.140. The van der Waals surface area contributed by atoms with Crippen molar-refractivity contribution in [1.29, 1.82) is 0 Å². The summed E-state index contributed by atoms with van der Waals surface area (Å²) < 4.78 is 30.1. The fourth-order valence-corrected chi connectivity index (χ4v) is 4.98. The van der Waals surface area contributed by atoms with Crippen molar-refractivity contribution in [2.24, 2.45) is 17.0 Å². The number of primary sulfonamides is 1. The average molecular weight is 476 g/mol. The highest BCUT2D eigenvalue weighted by atomic mass is 32.2. The Balaban J connectivity index is 1.61. The van der Waals surface area contributed by atoms with Crippen LogP contribution in [0.1, 0.15) is 60.4 Å². The van der Waals surface area contributed by atoms with Gasteiger partial charge >= 0.3 is 5.97 Å². The summed E-state index contributed by atoms with van der Waals surface area (Å²) in [5.41, 5.74) is 2.83.